The van der Waals surface area contributed by atoms with Crippen molar-refractivity contribution in [3.8, 4) is 11.1 Å². The summed E-state index contributed by atoms with van der Waals surface area (Å²) < 4.78 is 5.43. The van der Waals surface area contributed by atoms with Crippen molar-refractivity contribution in [3.05, 3.63) is 87.7 Å². The standard InChI is InChI=1S/C23H18Cl2N2O4/c24-19-10-26-11-20(25)17(19)9-21(22(28)29)27-23(30)31-12-18-15-7-3-1-5-13(15)14-6-2-4-8-16(14)18/h1-8,10-11,18,21H,9,12H2,(H,27,30)(H,28,29). The molecule has 1 heterocycles. The zero-order valence-corrected chi connectivity index (χ0v) is 17.7. The maximum atomic E-state index is 12.4. The second-order valence-corrected chi connectivity index (χ2v) is 7.96. The van der Waals surface area contributed by atoms with Gasteiger partial charge in [0.05, 0.1) is 10.0 Å². The third kappa shape index (κ3) is 4.36. The number of carbonyl (C=O) groups is 2. The maximum absolute atomic E-state index is 12.4. The number of nitrogens with zero attached hydrogens (tertiary/aromatic N) is 1. The van der Waals surface area contributed by atoms with Crippen LogP contribution >= 0.6 is 23.2 Å². The van der Waals surface area contributed by atoms with E-state index in [1.165, 1.54) is 12.4 Å². The molecule has 1 aromatic heterocycles. The van der Waals surface area contributed by atoms with E-state index in [2.05, 4.69) is 10.3 Å². The molecule has 1 unspecified atom stereocenters. The van der Waals surface area contributed by atoms with Crippen molar-refractivity contribution >= 4 is 35.3 Å². The van der Waals surface area contributed by atoms with Gasteiger partial charge in [-0.3, -0.25) is 4.98 Å². The van der Waals surface area contributed by atoms with Gasteiger partial charge in [0, 0.05) is 24.7 Å². The van der Waals surface area contributed by atoms with Gasteiger partial charge in [-0.1, -0.05) is 71.7 Å². The van der Waals surface area contributed by atoms with E-state index in [9.17, 15) is 14.7 Å². The second-order valence-electron chi connectivity index (χ2n) is 7.15. The zero-order valence-electron chi connectivity index (χ0n) is 16.2. The molecule has 0 aliphatic heterocycles. The number of aliphatic carboxylic acids is 1. The Hall–Kier alpha value is -3.09. The summed E-state index contributed by atoms with van der Waals surface area (Å²) in [5.41, 5.74) is 4.75. The van der Waals surface area contributed by atoms with Gasteiger partial charge in [0.25, 0.3) is 0 Å². The van der Waals surface area contributed by atoms with Crippen LogP contribution in [0.1, 0.15) is 22.6 Å². The number of nitrogens with one attached hydrogen (secondary N) is 1. The first kappa shape index (κ1) is 21.2. The van der Waals surface area contributed by atoms with Crippen molar-refractivity contribution in [1.82, 2.24) is 10.3 Å². The number of hydrogen-bond acceptors (Lipinski definition) is 4. The van der Waals surface area contributed by atoms with Crippen LogP contribution in [0.15, 0.2) is 60.9 Å². The number of carboxylic acid groups (broad SMARTS) is 1. The number of fused-ring (bicyclic) bond motifs is 3. The van der Waals surface area contributed by atoms with Gasteiger partial charge in [0.2, 0.25) is 0 Å². The van der Waals surface area contributed by atoms with Crippen LogP contribution in [0.4, 0.5) is 4.79 Å². The SMILES string of the molecule is O=C(NC(Cc1c(Cl)cncc1Cl)C(=O)O)OCC1c2ccccc2-c2ccccc21. The van der Waals surface area contributed by atoms with E-state index in [1.54, 1.807) is 0 Å². The molecule has 0 spiro atoms. The molecular formula is C23H18Cl2N2O4. The Labute approximate surface area is 188 Å². The number of benzene rings is 2. The number of carbonyl (C=O) groups excluding carboxylic acids is 1. The molecule has 3 aromatic rings. The molecular weight excluding hydrogens is 439 g/mol. The summed E-state index contributed by atoms with van der Waals surface area (Å²) in [7, 11) is 0. The number of aromatic nitrogens is 1. The van der Waals surface area contributed by atoms with Crippen molar-refractivity contribution in [2.75, 3.05) is 6.61 Å². The lowest BCUT2D eigenvalue weighted by Crippen LogP contribution is -2.43. The molecule has 4 rings (SSSR count). The van der Waals surface area contributed by atoms with Crippen LogP contribution in [-0.4, -0.2) is 34.8 Å². The monoisotopic (exact) mass is 456 g/mol. The third-order valence-corrected chi connectivity index (χ3v) is 5.95. The van der Waals surface area contributed by atoms with Crippen molar-refractivity contribution in [1.29, 1.82) is 0 Å². The molecule has 1 aliphatic carbocycles. The molecule has 158 valence electrons. The first-order valence-corrected chi connectivity index (χ1v) is 10.3. The summed E-state index contributed by atoms with van der Waals surface area (Å²) in [6.07, 6.45) is 1.82. The summed E-state index contributed by atoms with van der Waals surface area (Å²) >= 11 is 12.1. The van der Waals surface area contributed by atoms with E-state index in [0.717, 1.165) is 22.3 Å². The molecule has 1 aliphatic rings. The highest BCUT2D eigenvalue weighted by Gasteiger charge is 2.30. The smallest absolute Gasteiger partial charge is 0.407 e. The predicted molar refractivity (Wildman–Crippen MR) is 118 cm³/mol. The molecule has 8 heteroatoms. The molecule has 0 bridgehead atoms. The summed E-state index contributed by atoms with van der Waals surface area (Å²) in [5.74, 6) is -1.34. The average Bonchev–Trinajstić information content (AvgIpc) is 3.08. The molecule has 0 radical (unpaired) electrons. The van der Waals surface area contributed by atoms with E-state index >= 15 is 0 Å². The molecule has 2 N–H and O–H groups in total. The molecule has 0 saturated heterocycles. The fourth-order valence-corrected chi connectivity index (χ4v) is 4.34. The Morgan fingerprint density at radius 2 is 1.55 bits per heavy atom. The van der Waals surface area contributed by atoms with Gasteiger partial charge in [-0.25, -0.2) is 9.59 Å². The Bertz CT molecular complexity index is 1090. The molecule has 0 saturated carbocycles. The number of halogens is 2. The topological polar surface area (TPSA) is 88.5 Å². The molecule has 6 nitrogen and oxygen atoms in total. The van der Waals surface area contributed by atoms with Crippen LogP contribution in [0.5, 0.6) is 0 Å². The lowest BCUT2D eigenvalue weighted by Gasteiger charge is -2.18. The van der Waals surface area contributed by atoms with Gasteiger partial charge >= 0.3 is 12.1 Å². The number of hydrogen-bond donors (Lipinski definition) is 2. The van der Waals surface area contributed by atoms with Gasteiger partial charge in [-0.05, 0) is 27.8 Å². The van der Waals surface area contributed by atoms with Crippen molar-refractivity contribution < 1.29 is 19.4 Å². The zero-order chi connectivity index (χ0) is 22.0. The first-order valence-electron chi connectivity index (χ1n) is 9.58. The quantitative estimate of drug-likeness (QED) is 0.549. The second kappa shape index (κ2) is 8.96. The fourth-order valence-electron chi connectivity index (χ4n) is 3.82. The van der Waals surface area contributed by atoms with Crippen LogP contribution in [0.2, 0.25) is 10.0 Å². The highest BCUT2D eigenvalue weighted by molar-refractivity contribution is 6.35. The number of ether oxygens (including phenoxy) is 1. The predicted octanol–water partition coefficient (Wildman–Crippen LogP) is 4.92. The maximum Gasteiger partial charge on any atom is 0.407 e. The highest BCUT2D eigenvalue weighted by atomic mass is 35.5. The Balaban J connectivity index is 1.45. The molecule has 2 aromatic carbocycles. The number of amides is 1. The number of pyridine rings is 1. The molecule has 31 heavy (non-hydrogen) atoms. The summed E-state index contributed by atoms with van der Waals surface area (Å²) in [5, 5.41) is 12.4. The first-order chi connectivity index (χ1) is 15.0. The molecule has 1 amide bonds. The van der Waals surface area contributed by atoms with Gasteiger partial charge in [0.15, 0.2) is 0 Å². The Kier molecular flexibility index (Phi) is 6.11. The van der Waals surface area contributed by atoms with E-state index < -0.39 is 18.1 Å². The summed E-state index contributed by atoms with van der Waals surface area (Å²) in [6.45, 7) is 0.0863. The molecule has 0 fully saturated rings. The van der Waals surface area contributed by atoms with Gasteiger partial charge in [-0.15, -0.1) is 0 Å². The minimum atomic E-state index is -1.26. The summed E-state index contributed by atoms with van der Waals surface area (Å²) in [4.78, 5) is 27.9. The van der Waals surface area contributed by atoms with Gasteiger partial charge < -0.3 is 15.2 Å². The van der Waals surface area contributed by atoms with Crippen LogP contribution in [0.3, 0.4) is 0 Å². The normalized spacial score (nSPS) is 13.2. The Morgan fingerprint density at radius 3 is 2.10 bits per heavy atom. The fraction of sp³-hybridized carbons (Fsp3) is 0.174. The van der Waals surface area contributed by atoms with Gasteiger partial charge in [-0.2, -0.15) is 0 Å². The van der Waals surface area contributed by atoms with E-state index in [4.69, 9.17) is 27.9 Å². The van der Waals surface area contributed by atoms with Crippen molar-refractivity contribution in [2.24, 2.45) is 0 Å². The van der Waals surface area contributed by atoms with E-state index in [1.807, 2.05) is 48.5 Å². The van der Waals surface area contributed by atoms with Crippen LogP contribution < -0.4 is 5.32 Å². The van der Waals surface area contributed by atoms with E-state index in [0.29, 0.717) is 5.56 Å². The Morgan fingerprint density at radius 1 is 1.00 bits per heavy atom. The van der Waals surface area contributed by atoms with Crippen molar-refractivity contribution in [3.63, 3.8) is 0 Å². The number of rotatable bonds is 6. The lowest BCUT2D eigenvalue weighted by atomic mass is 9.98. The van der Waals surface area contributed by atoms with Crippen LogP contribution in [0, 0.1) is 0 Å². The van der Waals surface area contributed by atoms with Gasteiger partial charge in [0.1, 0.15) is 12.6 Å². The van der Waals surface area contributed by atoms with Crippen LogP contribution in [0.25, 0.3) is 11.1 Å². The summed E-state index contributed by atoms with van der Waals surface area (Å²) in [6, 6.07) is 14.7. The lowest BCUT2D eigenvalue weighted by molar-refractivity contribution is -0.139. The third-order valence-electron chi connectivity index (χ3n) is 5.29. The number of carboxylic acids is 1. The largest absolute Gasteiger partial charge is 0.480 e. The van der Waals surface area contributed by atoms with Crippen molar-refractivity contribution in [2.45, 2.75) is 18.4 Å². The minimum Gasteiger partial charge on any atom is -0.480 e. The highest BCUT2D eigenvalue weighted by Crippen LogP contribution is 2.44. The molecule has 1 atom stereocenters. The van der Waals surface area contributed by atoms with E-state index in [-0.39, 0.29) is 29.0 Å². The minimum absolute atomic E-state index is 0.0863. The van der Waals surface area contributed by atoms with Crippen LogP contribution in [-0.2, 0) is 16.0 Å². The average molecular weight is 457 g/mol. The number of alkyl carbamates (subject to hydrolysis) is 1.